The number of carboxylic acid groups (broad SMARTS) is 1. The van der Waals surface area contributed by atoms with Crippen molar-refractivity contribution in [3.8, 4) is 11.5 Å². The average molecular weight is 435 g/mol. The van der Waals surface area contributed by atoms with Crippen LogP contribution in [0.1, 0.15) is 19.4 Å². The Bertz CT molecular complexity index is 985. The van der Waals surface area contributed by atoms with Gasteiger partial charge in [-0.05, 0) is 57.2 Å². The number of benzene rings is 2. The number of carbonyl (C=O) groups is 1. The van der Waals surface area contributed by atoms with Crippen LogP contribution in [0.5, 0.6) is 11.5 Å². The van der Waals surface area contributed by atoms with Crippen LogP contribution in [0, 0.1) is 6.92 Å². The van der Waals surface area contributed by atoms with Gasteiger partial charge in [-0.25, -0.2) is 13.2 Å². The van der Waals surface area contributed by atoms with Gasteiger partial charge >= 0.3 is 6.09 Å². The summed E-state index contributed by atoms with van der Waals surface area (Å²) in [5.74, 6) is -0.223. The first-order valence-corrected chi connectivity index (χ1v) is 11.1. The van der Waals surface area contributed by atoms with Gasteiger partial charge < -0.3 is 24.6 Å². The van der Waals surface area contributed by atoms with E-state index in [1.54, 1.807) is 26.0 Å². The molecule has 1 saturated heterocycles. The van der Waals surface area contributed by atoms with Crippen LogP contribution in [0.4, 0.5) is 4.79 Å². The predicted molar refractivity (Wildman–Crippen MR) is 110 cm³/mol. The molecule has 2 atom stereocenters. The van der Waals surface area contributed by atoms with Crippen molar-refractivity contribution in [1.82, 2.24) is 5.32 Å². The Morgan fingerprint density at radius 3 is 2.23 bits per heavy atom. The fraction of sp³-hybridized carbons (Fsp3) is 0.381. The van der Waals surface area contributed by atoms with Crippen LogP contribution in [0.15, 0.2) is 53.4 Å². The monoisotopic (exact) mass is 435 g/mol. The van der Waals surface area contributed by atoms with Crippen LogP contribution >= 0.6 is 0 Å². The molecule has 0 spiro atoms. The van der Waals surface area contributed by atoms with Crippen LogP contribution in [0.3, 0.4) is 0 Å². The van der Waals surface area contributed by atoms with E-state index in [-0.39, 0.29) is 11.5 Å². The van der Waals surface area contributed by atoms with Gasteiger partial charge in [0.25, 0.3) is 0 Å². The van der Waals surface area contributed by atoms with Gasteiger partial charge in [0.1, 0.15) is 17.6 Å². The van der Waals surface area contributed by atoms with E-state index in [2.05, 4.69) is 5.32 Å². The third-order valence-corrected chi connectivity index (χ3v) is 6.41. The second-order valence-electron chi connectivity index (χ2n) is 7.59. The maximum Gasteiger partial charge on any atom is 0.405 e. The van der Waals surface area contributed by atoms with Crippen LogP contribution in [-0.2, 0) is 19.3 Å². The number of nitrogens with one attached hydrogen (secondary N) is 1. The van der Waals surface area contributed by atoms with Crippen molar-refractivity contribution in [2.75, 3.05) is 12.4 Å². The first-order chi connectivity index (χ1) is 14.0. The van der Waals surface area contributed by atoms with Crippen molar-refractivity contribution in [2.24, 2.45) is 0 Å². The fourth-order valence-electron chi connectivity index (χ4n) is 3.10. The van der Waals surface area contributed by atoms with Crippen LogP contribution in [-0.4, -0.2) is 49.9 Å². The lowest BCUT2D eigenvalue weighted by Crippen LogP contribution is -2.48. The van der Waals surface area contributed by atoms with E-state index in [4.69, 9.17) is 19.3 Å². The molecule has 162 valence electrons. The molecule has 1 heterocycles. The Hall–Kier alpha value is -2.62. The molecular weight excluding hydrogens is 410 g/mol. The van der Waals surface area contributed by atoms with Crippen LogP contribution < -0.4 is 10.1 Å². The molecule has 0 aromatic heterocycles. The predicted octanol–water partition coefficient (Wildman–Crippen LogP) is 3.35. The van der Waals surface area contributed by atoms with E-state index in [0.29, 0.717) is 11.5 Å². The molecule has 1 fully saturated rings. The number of aryl methyl sites for hydroxylation is 1. The van der Waals surface area contributed by atoms with E-state index in [1.807, 2.05) is 31.2 Å². The van der Waals surface area contributed by atoms with Crippen molar-refractivity contribution < 1.29 is 32.5 Å². The van der Waals surface area contributed by atoms with Crippen molar-refractivity contribution in [3.63, 3.8) is 0 Å². The summed E-state index contributed by atoms with van der Waals surface area (Å²) in [6.07, 6.45) is -2.04. The van der Waals surface area contributed by atoms with Crippen molar-refractivity contribution in [3.05, 3.63) is 54.1 Å². The normalized spacial score (nSPS) is 19.2. The first kappa shape index (κ1) is 22.1. The molecule has 1 aliphatic rings. The molecule has 1 aliphatic heterocycles. The summed E-state index contributed by atoms with van der Waals surface area (Å²) in [4.78, 5) is 11.2. The highest BCUT2D eigenvalue weighted by Crippen LogP contribution is 2.27. The molecule has 9 heteroatoms. The lowest BCUT2D eigenvalue weighted by Gasteiger charge is -2.24. The molecule has 2 aromatic rings. The summed E-state index contributed by atoms with van der Waals surface area (Å²) >= 11 is 0. The third kappa shape index (κ3) is 5.71. The highest BCUT2D eigenvalue weighted by atomic mass is 32.2. The van der Waals surface area contributed by atoms with Gasteiger partial charge in [-0.1, -0.05) is 17.7 Å². The zero-order valence-electron chi connectivity index (χ0n) is 17.0. The summed E-state index contributed by atoms with van der Waals surface area (Å²) in [5, 5.41) is 11.4. The van der Waals surface area contributed by atoms with E-state index < -0.39 is 39.6 Å². The highest BCUT2D eigenvalue weighted by Gasteiger charge is 2.40. The Balaban J connectivity index is 1.72. The smallest absolute Gasteiger partial charge is 0.405 e. The molecule has 2 N–H and O–H groups in total. The van der Waals surface area contributed by atoms with Gasteiger partial charge in [-0.3, -0.25) is 0 Å². The molecule has 8 nitrogen and oxygen atoms in total. The number of sulfone groups is 1. The molecule has 30 heavy (non-hydrogen) atoms. The largest absolute Gasteiger partial charge is 0.465 e. The molecule has 0 saturated carbocycles. The Morgan fingerprint density at radius 2 is 1.73 bits per heavy atom. The van der Waals surface area contributed by atoms with Crippen molar-refractivity contribution >= 4 is 15.9 Å². The van der Waals surface area contributed by atoms with Crippen molar-refractivity contribution in [1.29, 1.82) is 0 Å². The van der Waals surface area contributed by atoms with Gasteiger partial charge in [0.15, 0.2) is 15.6 Å². The molecule has 0 bridgehead atoms. The standard InChI is InChI=1S/C21H25NO7S/c1-14-4-6-15(7-5-14)28-16-8-10-17(11-9-16)30(25,26)13-18(22-20(23)24)19-12-27-21(2,3)29-19/h4-11,18-19,22H,12-13H2,1-3H3,(H,23,24)/t18-,19-/m1/s1. The van der Waals surface area contributed by atoms with Gasteiger partial charge in [0, 0.05) is 0 Å². The molecule has 0 unspecified atom stereocenters. The maximum atomic E-state index is 12.9. The quantitative estimate of drug-likeness (QED) is 0.686. The molecule has 1 amide bonds. The lowest BCUT2D eigenvalue weighted by atomic mass is 10.2. The minimum absolute atomic E-state index is 0.0640. The molecule has 2 aromatic carbocycles. The number of ether oxygens (including phenoxy) is 3. The summed E-state index contributed by atoms with van der Waals surface area (Å²) in [5.41, 5.74) is 1.10. The summed E-state index contributed by atoms with van der Waals surface area (Å²) in [7, 11) is -3.79. The topological polar surface area (TPSA) is 111 Å². The first-order valence-electron chi connectivity index (χ1n) is 9.43. The van der Waals surface area contributed by atoms with E-state index in [9.17, 15) is 13.2 Å². The number of hydrogen-bond donors (Lipinski definition) is 2. The van der Waals surface area contributed by atoms with Gasteiger partial charge in [-0.15, -0.1) is 0 Å². The maximum absolute atomic E-state index is 12.9. The summed E-state index contributed by atoms with van der Waals surface area (Å²) in [6, 6.07) is 12.5. The summed E-state index contributed by atoms with van der Waals surface area (Å²) in [6.45, 7) is 5.44. The molecular formula is C21H25NO7S. The Morgan fingerprint density at radius 1 is 1.17 bits per heavy atom. The number of amides is 1. The van der Waals surface area contributed by atoms with E-state index in [0.717, 1.165) is 5.56 Å². The SMILES string of the molecule is Cc1ccc(Oc2ccc(S(=O)(=O)C[C@@H](NC(=O)O)[C@H]3COC(C)(C)O3)cc2)cc1. The molecule has 0 radical (unpaired) electrons. The minimum atomic E-state index is -3.79. The van der Waals surface area contributed by atoms with Gasteiger partial charge in [-0.2, -0.15) is 0 Å². The van der Waals surface area contributed by atoms with Crippen LogP contribution in [0.25, 0.3) is 0 Å². The number of hydrogen-bond acceptors (Lipinski definition) is 6. The Kier molecular flexibility index (Phi) is 6.35. The van der Waals surface area contributed by atoms with Crippen molar-refractivity contribution in [2.45, 2.75) is 43.6 Å². The summed E-state index contributed by atoms with van der Waals surface area (Å²) < 4.78 is 42.6. The highest BCUT2D eigenvalue weighted by molar-refractivity contribution is 7.91. The van der Waals surface area contributed by atoms with Gasteiger partial charge in [0.2, 0.25) is 0 Å². The zero-order valence-corrected chi connectivity index (χ0v) is 17.8. The third-order valence-electron chi connectivity index (χ3n) is 4.63. The van der Waals surface area contributed by atoms with Gasteiger partial charge in [0.05, 0.1) is 23.3 Å². The molecule has 3 rings (SSSR count). The van der Waals surface area contributed by atoms with Crippen LogP contribution in [0.2, 0.25) is 0 Å². The molecule has 0 aliphatic carbocycles. The number of rotatable bonds is 7. The second-order valence-corrected chi connectivity index (χ2v) is 9.63. The minimum Gasteiger partial charge on any atom is -0.465 e. The second kappa shape index (κ2) is 8.63. The Labute approximate surface area is 175 Å². The zero-order chi connectivity index (χ0) is 21.9. The van der Waals surface area contributed by atoms with E-state index >= 15 is 0 Å². The average Bonchev–Trinajstić information content (AvgIpc) is 3.03. The lowest BCUT2D eigenvalue weighted by molar-refractivity contribution is -0.140. The van der Waals surface area contributed by atoms with E-state index in [1.165, 1.54) is 12.1 Å². The fourth-order valence-corrected chi connectivity index (χ4v) is 4.62.